The number of amides is 1. The van der Waals surface area contributed by atoms with E-state index in [4.69, 9.17) is 16.9 Å². The van der Waals surface area contributed by atoms with Gasteiger partial charge in [0.05, 0.1) is 12.5 Å². The first-order chi connectivity index (χ1) is 8.17. The Morgan fingerprint density at radius 3 is 2.82 bits per heavy atom. The van der Waals surface area contributed by atoms with Crippen molar-refractivity contribution >= 4 is 17.5 Å². The Bertz CT molecular complexity index is 426. The Morgan fingerprint density at radius 1 is 1.53 bits per heavy atom. The van der Waals surface area contributed by atoms with Gasteiger partial charge in [-0.25, -0.2) is 0 Å². The summed E-state index contributed by atoms with van der Waals surface area (Å²) in [6.07, 6.45) is 1.75. The Hall–Kier alpha value is -1.53. The first-order valence-corrected chi connectivity index (χ1v) is 5.97. The van der Waals surface area contributed by atoms with Gasteiger partial charge in [0.15, 0.2) is 0 Å². The molecule has 0 aliphatic heterocycles. The second kappa shape index (κ2) is 6.93. The normalized spacial score (nSPS) is 11.6. The third kappa shape index (κ3) is 4.46. The lowest BCUT2D eigenvalue weighted by Gasteiger charge is -2.10. The Labute approximate surface area is 106 Å². The number of nitriles is 1. The van der Waals surface area contributed by atoms with Crippen molar-refractivity contribution in [3.8, 4) is 6.07 Å². The standard InChI is InChI=1S/C13H15ClN2O/c1-2-5-11(9-15)16-13(17)8-10-6-3-4-7-12(10)14/h3-4,6-7,11H,2,5,8H2,1H3,(H,16,17). The molecule has 1 rings (SSSR count). The predicted molar refractivity (Wildman–Crippen MR) is 67.6 cm³/mol. The van der Waals surface area contributed by atoms with Crippen LogP contribution in [0.5, 0.6) is 0 Å². The number of carbonyl (C=O) groups is 1. The molecule has 0 saturated carbocycles. The van der Waals surface area contributed by atoms with Gasteiger partial charge in [0.2, 0.25) is 5.91 Å². The third-order valence-electron chi connectivity index (χ3n) is 2.38. The highest BCUT2D eigenvalue weighted by molar-refractivity contribution is 6.31. The van der Waals surface area contributed by atoms with Gasteiger partial charge in [-0.15, -0.1) is 0 Å². The van der Waals surface area contributed by atoms with Gasteiger partial charge in [-0.2, -0.15) is 5.26 Å². The van der Waals surface area contributed by atoms with Gasteiger partial charge in [0.25, 0.3) is 0 Å². The van der Waals surface area contributed by atoms with Gasteiger partial charge in [-0.1, -0.05) is 43.1 Å². The Balaban J connectivity index is 2.56. The van der Waals surface area contributed by atoms with Crippen molar-refractivity contribution in [3.63, 3.8) is 0 Å². The van der Waals surface area contributed by atoms with E-state index in [1.165, 1.54) is 0 Å². The second-order valence-corrected chi connectivity index (χ2v) is 4.21. The van der Waals surface area contributed by atoms with E-state index < -0.39 is 6.04 Å². The van der Waals surface area contributed by atoms with Crippen molar-refractivity contribution in [1.82, 2.24) is 5.32 Å². The fraction of sp³-hybridized carbons (Fsp3) is 0.385. The van der Waals surface area contributed by atoms with Gasteiger partial charge in [-0.3, -0.25) is 4.79 Å². The molecule has 0 radical (unpaired) electrons. The predicted octanol–water partition coefficient (Wildman–Crippen LogP) is 2.69. The summed E-state index contributed by atoms with van der Waals surface area (Å²) in [5, 5.41) is 12.1. The molecule has 0 fully saturated rings. The van der Waals surface area contributed by atoms with Crippen molar-refractivity contribution in [3.05, 3.63) is 34.9 Å². The number of hydrogen-bond donors (Lipinski definition) is 1. The number of benzene rings is 1. The summed E-state index contributed by atoms with van der Waals surface area (Å²) in [6.45, 7) is 1.98. The summed E-state index contributed by atoms with van der Waals surface area (Å²) in [5.41, 5.74) is 0.778. The molecule has 1 N–H and O–H groups in total. The fourth-order valence-electron chi connectivity index (χ4n) is 1.52. The molecular weight excluding hydrogens is 236 g/mol. The minimum atomic E-state index is -0.407. The summed E-state index contributed by atoms with van der Waals surface area (Å²) in [4.78, 5) is 11.7. The van der Waals surface area contributed by atoms with E-state index in [9.17, 15) is 4.79 Å². The van der Waals surface area contributed by atoms with E-state index in [-0.39, 0.29) is 12.3 Å². The van der Waals surface area contributed by atoms with Crippen molar-refractivity contribution in [2.24, 2.45) is 0 Å². The van der Waals surface area contributed by atoms with E-state index in [0.717, 1.165) is 12.0 Å². The zero-order valence-electron chi connectivity index (χ0n) is 9.74. The topological polar surface area (TPSA) is 52.9 Å². The molecule has 0 heterocycles. The molecular formula is C13H15ClN2O. The molecule has 0 aliphatic rings. The van der Waals surface area contributed by atoms with E-state index in [0.29, 0.717) is 11.4 Å². The molecule has 0 bridgehead atoms. The highest BCUT2D eigenvalue weighted by Crippen LogP contribution is 2.15. The third-order valence-corrected chi connectivity index (χ3v) is 2.75. The van der Waals surface area contributed by atoms with Crippen LogP contribution in [0.3, 0.4) is 0 Å². The van der Waals surface area contributed by atoms with Crippen LogP contribution in [-0.4, -0.2) is 11.9 Å². The molecule has 90 valence electrons. The van der Waals surface area contributed by atoms with Crippen LogP contribution in [0.25, 0.3) is 0 Å². The number of carbonyl (C=O) groups excluding carboxylic acids is 1. The second-order valence-electron chi connectivity index (χ2n) is 3.81. The maximum absolute atomic E-state index is 11.7. The first-order valence-electron chi connectivity index (χ1n) is 5.59. The van der Waals surface area contributed by atoms with Gasteiger partial charge < -0.3 is 5.32 Å². The van der Waals surface area contributed by atoms with Crippen LogP contribution >= 0.6 is 11.6 Å². The lowest BCUT2D eigenvalue weighted by molar-refractivity contribution is -0.120. The van der Waals surface area contributed by atoms with Crippen molar-refractivity contribution in [1.29, 1.82) is 5.26 Å². The molecule has 17 heavy (non-hydrogen) atoms. The van der Waals surface area contributed by atoms with E-state index >= 15 is 0 Å². The van der Waals surface area contributed by atoms with Crippen LogP contribution in [0.1, 0.15) is 25.3 Å². The number of rotatable bonds is 5. The van der Waals surface area contributed by atoms with Crippen LogP contribution < -0.4 is 5.32 Å². The highest BCUT2D eigenvalue weighted by atomic mass is 35.5. The number of halogens is 1. The van der Waals surface area contributed by atoms with E-state index in [1.54, 1.807) is 6.07 Å². The van der Waals surface area contributed by atoms with Crippen LogP contribution in [0.4, 0.5) is 0 Å². The quantitative estimate of drug-likeness (QED) is 0.874. The highest BCUT2D eigenvalue weighted by Gasteiger charge is 2.11. The van der Waals surface area contributed by atoms with Crippen LogP contribution in [0, 0.1) is 11.3 Å². The molecule has 1 amide bonds. The summed E-state index contributed by atoms with van der Waals surface area (Å²) in [5.74, 6) is -0.168. The fourth-order valence-corrected chi connectivity index (χ4v) is 1.72. The van der Waals surface area contributed by atoms with Gasteiger partial charge in [0.1, 0.15) is 6.04 Å². The Morgan fingerprint density at radius 2 is 2.24 bits per heavy atom. The molecule has 1 atom stereocenters. The SMILES string of the molecule is CCCC(C#N)NC(=O)Cc1ccccc1Cl. The number of nitrogens with one attached hydrogen (secondary N) is 1. The zero-order chi connectivity index (χ0) is 12.7. The average molecular weight is 251 g/mol. The zero-order valence-corrected chi connectivity index (χ0v) is 10.5. The van der Waals surface area contributed by atoms with Gasteiger partial charge in [0, 0.05) is 5.02 Å². The monoisotopic (exact) mass is 250 g/mol. The lowest BCUT2D eigenvalue weighted by atomic mass is 10.1. The molecule has 1 aromatic rings. The minimum Gasteiger partial charge on any atom is -0.340 e. The largest absolute Gasteiger partial charge is 0.340 e. The number of hydrogen-bond acceptors (Lipinski definition) is 2. The average Bonchev–Trinajstić information content (AvgIpc) is 2.31. The smallest absolute Gasteiger partial charge is 0.225 e. The van der Waals surface area contributed by atoms with Gasteiger partial charge >= 0.3 is 0 Å². The maximum Gasteiger partial charge on any atom is 0.225 e. The van der Waals surface area contributed by atoms with Crippen molar-refractivity contribution in [2.45, 2.75) is 32.2 Å². The summed E-state index contributed by atoms with van der Waals surface area (Å²) < 4.78 is 0. The van der Waals surface area contributed by atoms with Crippen LogP contribution in [0.15, 0.2) is 24.3 Å². The lowest BCUT2D eigenvalue weighted by Crippen LogP contribution is -2.34. The summed E-state index contributed by atoms with van der Waals surface area (Å²) >= 11 is 5.95. The molecule has 0 aliphatic carbocycles. The van der Waals surface area contributed by atoms with Crippen LogP contribution in [-0.2, 0) is 11.2 Å². The summed E-state index contributed by atoms with van der Waals surface area (Å²) in [7, 11) is 0. The van der Waals surface area contributed by atoms with E-state index in [2.05, 4.69) is 11.4 Å². The van der Waals surface area contributed by atoms with Crippen molar-refractivity contribution < 1.29 is 4.79 Å². The maximum atomic E-state index is 11.7. The van der Waals surface area contributed by atoms with E-state index in [1.807, 2.05) is 25.1 Å². The molecule has 3 nitrogen and oxygen atoms in total. The first kappa shape index (κ1) is 13.5. The summed E-state index contributed by atoms with van der Waals surface area (Å²) in [6, 6.07) is 8.87. The number of nitrogens with zero attached hydrogens (tertiary/aromatic N) is 1. The molecule has 1 aromatic carbocycles. The van der Waals surface area contributed by atoms with Crippen LogP contribution in [0.2, 0.25) is 5.02 Å². The van der Waals surface area contributed by atoms with Gasteiger partial charge in [-0.05, 0) is 18.1 Å². The molecule has 0 spiro atoms. The molecule has 0 saturated heterocycles. The molecule has 0 aromatic heterocycles. The molecule has 1 unspecified atom stereocenters. The minimum absolute atomic E-state index is 0.168. The van der Waals surface area contributed by atoms with Crippen molar-refractivity contribution in [2.75, 3.05) is 0 Å². The Kier molecular flexibility index (Phi) is 5.51. The molecule has 4 heteroatoms.